The SMILES string of the molecule is Cc1cccc(C)c1-c1c(-n2c3c(c4ccccc42)C=CCC3)c(-n2c3ccccc3c3ccccc32)c(C#N)c(-n2c3ccccc3c3ccccc32)c1-n1c2ccccc2c2ccccc21. The van der Waals surface area contributed by atoms with Gasteiger partial charge in [0.25, 0.3) is 0 Å². The van der Waals surface area contributed by atoms with Gasteiger partial charge in [0.1, 0.15) is 11.6 Å². The zero-order valence-electron chi connectivity index (χ0n) is 37.7. The highest BCUT2D eigenvalue weighted by Gasteiger charge is 2.36. The van der Waals surface area contributed by atoms with Crippen molar-refractivity contribution in [3.63, 3.8) is 0 Å². The molecule has 1 aliphatic rings. The molecule has 0 aliphatic heterocycles. The predicted octanol–water partition coefficient (Wildman–Crippen LogP) is 16.0. The van der Waals surface area contributed by atoms with E-state index in [1.807, 2.05) is 0 Å². The number of hydrogen-bond donors (Lipinski definition) is 0. The van der Waals surface area contributed by atoms with Crippen molar-refractivity contribution in [1.29, 1.82) is 5.26 Å². The molecule has 0 bridgehead atoms. The van der Waals surface area contributed by atoms with Gasteiger partial charge in [0.15, 0.2) is 0 Å². The first-order valence-corrected chi connectivity index (χ1v) is 23.6. The number of benzene rings is 9. The molecule has 0 amide bonds. The van der Waals surface area contributed by atoms with E-state index in [1.54, 1.807) is 0 Å². The summed E-state index contributed by atoms with van der Waals surface area (Å²) in [6.45, 7) is 4.51. The molecule has 5 heteroatoms. The van der Waals surface area contributed by atoms with Crippen molar-refractivity contribution in [3.05, 3.63) is 222 Å². The molecule has 9 aromatic carbocycles. The molecule has 0 N–H and O–H groups in total. The normalized spacial score (nSPS) is 12.7. The van der Waals surface area contributed by atoms with Gasteiger partial charge in [-0.1, -0.05) is 158 Å². The van der Waals surface area contributed by atoms with Crippen LogP contribution in [0.2, 0.25) is 0 Å². The third-order valence-corrected chi connectivity index (χ3v) is 14.7. The van der Waals surface area contributed by atoms with Crippen molar-refractivity contribution in [1.82, 2.24) is 18.3 Å². The molecule has 0 saturated heterocycles. The van der Waals surface area contributed by atoms with Crippen molar-refractivity contribution in [2.45, 2.75) is 26.7 Å². The Morgan fingerprint density at radius 3 is 1.10 bits per heavy atom. The lowest BCUT2D eigenvalue weighted by Gasteiger charge is -2.31. The average Bonchev–Trinajstić information content (AvgIpc) is 4.11. The van der Waals surface area contributed by atoms with E-state index < -0.39 is 0 Å². The predicted molar refractivity (Wildman–Crippen MR) is 283 cm³/mol. The summed E-state index contributed by atoms with van der Waals surface area (Å²) < 4.78 is 9.87. The van der Waals surface area contributed by atoms with E-state index in [2.05, 4.69) is 238 Å². The molecule has 4 heterocycles. The Morgan fingerprint density at radius 1 is 0.368 bits per heavy atom. The third kappa shape index (κ3) is 5.14. The van der Waals surface area contributed by atoms with Gasteiger partial charge in [-0.3, -0.25) is 0 Å². The molecule has 0 radical (unpaired) electrons. The number of fused-ring (bicyclic) bond motifs is 12. The summed E-state index contributed by atoms with van der Waals surface area (Å²) >= 11 is 0. The molecule has 68 heavy (non-hydrogen) atoms. The quantitative estimate of drug-likeness (QED) is 0.170. The second kappa shape index (κ2) is 14.6. The molecule has 4 aromatic heterocycles. The largest absolute Gasteiger partial charge is 0.310 e. The fourth-order valence-corrected chi connectivity index (χ4v) is 12.0. The van der Waals surface area contributed by atoms with Crippen LogP contribution in [0.15, 0.2) is 194 Å². The Morgan fingerprint density at radius 2 is 0.706 bits per heavy atom. The molecule has 0 spiro atoms. The molecule has 5 nitrogen and oxygen atoms in total. The molecule has 14 rings (SSSR count). The van der Waals surface area contributed by atoms with Gasteiger partial charge in [-0.25, -0.2) is 0 Å². The Bertz CT molecular complexity index is 4180. The number of aryl methyl sites for hydroxylation is 2. The molecule has 320 valence electrons. The van der Waals surface area contributed by atoms with Gasteiger partial charge < -0.3 is 18.3 Å². The van der Waals surface area contributed by atoms with E-state index in [0.29, 0.717) is 5.56 Å². The van der Waals surface area contributed by atoms with Gasteiger partial charge >= 0.3 is 0 Å². The maximum absolute atomic E-state index is 12.7. The molecular formula is C63H43N5. The Labute approximate surface area is 392 Å². The van der Waals surface area contributed by atoms with Crippen LogP contribution in [-0.2, 0) is 6.42 Å². The van der Waals surface area contributed by atoms with Crippen molar-refractivity contribution in [3.8, 4) is 39.9 Å². The molecule has 0 fully saturated rings. The summed E-state index contributed by atoms with van der Waals surface area (Å²) in [5.41, 5.74) is 18.6. The first kappa shape index (κ1) is 38.4. The van der Waals surface area contributed by atoms with Crippen molar-refractivity contribution in [2.24, 2.45) is 0 Å². The van der Waals surface area contributed by atoms with Crippen LogP contribution in [-0.4, -0.2) is 18.3 Å². The maximum atomic E-state index is 12.7. The second-order valence-corrected chi connectivity index (χ2v) is 18.3. The zero-order chi connectivity index (χ0) is 45.2. The third-order valence-electron chi connectivity index (χ3n) is 14.7. The number of rotatable bonds is 5. The highest BCUT2D eigenvalue weighted by Crippen LogP contribution is 2.52. The second-order valence-electron chi connectivity index (χ2n) is 18.3. The van der Waals surface area contributed by atoms with Crippen molar-refractivity contribution < 1.29 is 0 Å². The number of allylic oxidation sites excluding steroid dienone is 1. The summed E-state index contributed by atoms with van der Waals surface area (Å²) in [7, 11) is 0. The summed E-state index contributed by atoms with van der Waals surface area (Å²) in [6, 6.07) is 71.0. The van der Waals surface area contributed by atoms with Crippen LogP contribution in [0.5, 0.6) is 0 Å². The number of hydrogen-bond acceptors (Lipinski definition) is 1. The summed E-state index contributed by atoms with van der Waals surface area (Å²) in [5.74, 6) is 0. The van der Waals surface area contributed by atoms with Crippen molar-refractivity contribution in [2.75, 3.05) is 0 Å². The number of nitrogens with zero attached hydrogens (tertiary/aromatic N) is 5. The fourth-order valence-electron chi connectivity index (χ4n) is 12.0. The van der Waals surface area contributed by atoms with E-state index in [4.69, 9.17) is 0 Å². The molecule has 0 unspecified atom stereocenters. The Balaban J connectivity index is 1.38. The molecule has 0 atom stereocenters. The molecule has 0 saturated carbocycles. The van der Waals surface area contributed by atoms with Crippen molar-refractivity contribution >= 4 is 82.4 Å². The number of para-hydroxylation sites is 7. The lowest BCUT2D eigenvalue weighted by molar-refractivity contribution is 0.881. The topological polar surface area (TPSA) is 43.5 Å². The maximum Gasteiger partial charge on any atom is 0.104 e. The number of aromatic nitrogens is 4. The minimum absolute atomic E-state index is 0.586. The van der Waals surface area contributed by atoms with Crippen LogP contribution in [0.1, 0.15) is 34.4 Å². The van der Waals surface area contributed by atoms with Crippen LogP contribution in [0.4, 0.5) is 0 Å². The Kier molecular flexibility index (Phi) is 8.24. The zero-order valence-corrected chi connectivity index (χ0v) is 37.7. The van der Waals surface area contributed by atoms with Crippen LogP contribution in [0.25, 0.3) is 116 Å². The summed E-state index contributed by atoms with van der Waals surface area (Å²) in [5, 5.41) is 20.7. The first-order chi connectivity index (χ1) is 33.6. The van der Waals surface area contributed by atoms with E-state index in [0.717, 1.165) is 129 Å². The minimum atomic E-state index is 0.586. The van der Waals surface area contributed by atoms with Crippen LogP contribution in [0.3, 0.4) is 0 Å². The lowest BCUT2D eigenvalue weighted by atomic mass is 9.88. The average molecular weight is 870 g/mol. The van der Waals surface area contributed by atoms with E-state index in [1.165, 1.54) is 16.6 Å². The van der Waals surface area contributed by atoms with Crippen LogP contribution >= 0.6 is 0 Å². The first-order valence-electron chi connectivity index (χ1n) is 23.6. The van der Waals surface area contributed by atoms with E-state index >= 15 is 0 Å². The van der Waals surface area contributed by atoms with Crippen LogP contribution in [0, 0.1) is 25.2 Å². The summed E-state index contributed by atoms with van der Waals surface area (Å²) in [6.07, 6.45) is 6.40. The molecular weight excluding hydrogens is 827 g/mol. The fraction of sp³-hybridized carbons (Fsp3) is 0.0635. The van der Waals surface area contributed by atoms with Gasteiger partial charge in [-0.05, 0) is 85.8 Å². The lowest BCUT2D eigenvalue weighted by Crippen LogP contribution is -2.18. The van der Waals surface area contributed by atoms with Gasteiger partial charge in [-0.15, -0.1) is 0 Å². The molecule has 1 aliphatic carbocycles. The summed E-state index contributed by atoms with van der Waals surface area (Å²) in [4.78, 5) is 0. The molecule has 13 aromatic rings. The van der Waals surface area contributed by atoms with E-state index in [9.17, 15) is 5.26 Å². The smallest absolute Gasteiger partial charge is 0.104 e. The standard InChI is InChI=1S/C63H43N5/c1-39-20-19-21-40(2)58(39)59-62(67-54-34-15-7-26-45(54)46-27-8-16-35-55(46)67)60(65-50-30-11-3-22-41(50)42-23-4-12-31-51(42)65)49(38-64)61(66-52-32-13-5-24-43(52)44-25-6-14-33-53(44)66)63(59)68-56-36-17-9-28-47(56)48-29-10-18-37-57(48)68/h3-17,19-36H,18,37H2,1-2H3. The van der Waals surface area contributed by atoms with Crippen LogP contribution < -0.4 is 0 Å². The van der Waals surface area contributed by atoms with Gasteiger partial charge in [0.05, 0.1) is 61.4 Å². The number of nitriles is 1. The van der Waals surface area contributed by atoms with Gasteiger partial charge in [0.2, 0.25) is 0 Å². The highest BCUT2D eigenvalue weighted by molar-refractivity contribution is 6.16. The monoisotopic (exact) mass is 869 g/mol. The van der Waals surface area contributed by atoms with Gasteiger partial charge in [0, 0.05) is 54.5 Å². The van der Waals surface area contributed by atoms with Gasteiger partial charge in [-0.2, -0.15) is 5.26 Å². The van der Waals surface area contributed by atoms with E-state index in [-0.39, 0.29) is 0 Å². The minimum Gasteiger partial charge on any atom is -0.310 e. The Hall–Kier alpha value is -8.85. The highest BCUT2D eigenvalue weighted by atomic mass is 15.1.